The summed E-state index contributed by atoms with van der Waals surface area (Å²) in [6, 6.07) is 12.5. The van der Waals surface area contributed by atoms with E-state index in [4.69, 9.17) is 13.9 Å². The lowest BCUT2D eigenvalue weighted by Gasteiger charge is -2.07. The summed E-state index contributed by atoms with van der Waals surface area (Å²) in [7, 11) is 2.93. The molecule has 3 aromatic rings. The van der Waals surface area contributed by atoms with Crippen molar-refractivity contribution in [3.8, 4) is 22.8 Å². The lowest BCUT2D eigenvalue weighted by atomic mass is 10.1. The Morgan fingerprint density at radius 3 is 2.57 bits per heavy atom. The van der Waals surface area contributed by atoms with E-state index in [2.05, 4.69) is 26.5 Å². The third-order valence-electron chi connectivity index (χ3n) is 4.05. The van der Waals surface area contributed by atoms with Gasteiger partial charge in [-0.1, -0.05) is 15.9 Å². The molecule has 0 aliphatic carbocycles. The third kappa shape index (κ3) is 4.66. The Bertz CT molecular complexity index is 1130. The van der Waals surface area contributed by atoms with Crippen molar-refractivity contribution in [1.29, 1.82) is 0 Å². The van der Waals surface area contributed by atoms with E-state index in [9.17, 15) is 14.9 Å². The molecular weight excluding hydrogens is 458 g/mol. The molecule has 0 saturated carbocycles. The number of halogens is 1. The lowest BCUT2D eigenvalue weighted by molar-refractivity contribution is -0.384. The van der Waals surface area contributed by atoms with Gasteiger partial charge in [-0.3, -0.25) is 14.9 Å². The quantitative estimate of drug-likeness (QED) is 0.308. The van der Waals surface area contributed by atoms with Gasteiger partial charge in [0.05, 0.1) is 36.5 Å². The minimum absolute atomic E-state index is 0.0901. The monoisotopic (exact) mass is 473 g/mol. The van der Waals surface area contributed by atoms with Crippen LogP contribution in [0, 0.1) is 10.1 Å². The molecule has 0 saturated heterocycles. The number of hydrogen-bond donors (Lipinski definition) is 1. The number of methoxy groups -OCH3 is 2. The summed E-state index contributed by atoms with van der Waals surface area (Å²) in [5, 5.41) is 14.9. The lowest BCUT2D eigenvalue weighted by Crippen LogP contribution is -2.18. The number of nitro benzene ring substituents is 1. The van der Waals surface area contributed by atoms with Gasteiger partial charge in [-0.05, 0) is 36.4 Å². The molecular formula is C20H16BrN3O6. The van der Waals surface area contributed by atoms with Crippen LogP contribution in [-0.4, -0.2) is 31.3 Å². The largest absolute Gasteiger partial charge is 0.496 e. The molecule has 0 aliphatic heterocycles. The topological polar surface area (TPSA) is 116 Å². The van der Waals surface area contributed by atoms with Crippen molar-refractivity contribution in [2.24, 2.45) is 5.10 Å². The van der Waals surface area contributed by atoms with Crippen molar-refractivity contribution in [2.45, 2.75) is 0 Å². The number of amides is 1. The van der Waals surface area contributed by atoms with Crippen LogP contribution in [0.4, 0.5) is 5.69 Å². The minimum Gasteiger partial charge on any atom is -0.496 e. The van der Waals surface area contributed by atoms with E-state index < -0.39 is 10.8 Å². The second kappa shape index (κ2) is 9.23. The van der Waals surface area contributed by atoms with E-state index in [1.807, 2.05) is 0 Å². The summed E-state index contributed by atoms with van der Waals surface area (Å²) in [6.07, 6.45) is 1.32. The van der Waals surface area contributed by atoms with Crippen molar-refractivity contribution in [1.82, 2.24) is 5.43 Å². The van der Waals surface area contributed by atoms with Crippen molar-refractivity contribution < 1.29 is 23.6 Å². The number of non-ortho nitro benzene ring substituents is 1. The summed E-state index contributed by atoms with van der Waals surface area (Å²) < 4.78 is 16.8. The van der Waals surface area contributed by atoms with Crippen LogP contribution in [0.1, 0.15) is 16.1 Å². The Morgan fingerprint density at radius 1 is 1.13 bits per heavy atom. The molecule has 0 atom stereocenters. The maximum atomic E-state index is 12.3. The number of rotatable bonds is 7. The van der Waals surface area contributed by atoms with Crippen molar-refractivity contribution in [3.05, 3.63) is 74.4 Å². The molecule has 1 N–H and O–H groups in total. The zero-order chi connectivity index (χ0) is 21.7. The molecule has 1 amide bonds. The number of furan rings is 1. The van der Waals surface area contributed by atoms with Crippen LogP contribution in [0.3, 0.4) is 0 Å². The second-order valence-corrected chi connectivity index (χ2v) is 6.80. The molecule has 1 aromatic heterocycles. The zero-order valence-corrected chi connectivity index (χ0v) is 17.5. The Hall–Kier alpha value is -3.66. The highest BCUT2D eigenvalue weighted by molar-refractivity contribution is 9.10. The summed E-state index contributed by atoms with van der Waals surface area (Å²) in [4.78, 5) is 22.9. The third-order valence-corrected chi connectivity index (χ3v) is 4.54. The van der Waals surface area contributed by atoms with Gasteiger partial charge in [-0.25, -0.2) is 5.43 Å². The molecule has 0 spiro atoms. The fourth-order valence-electron chi connectivity index (χ4n) is 2.64. The predicted molar refractivity (Wildman–Crippen MR) is 113 cm³/mol. The van der Waals surface area contributed by atoms with E-state index in [0.717, 1.165) is 4.47 Å². The zero-order valence-electron chi connectivity index (χ0n) is 15.9. The Kier molecular flexibility index (Phi) is 6.48. The number of carbonyl (C=O) groups excluding carboxylic acids is 1. The smallest absolute Gasteiger partial charge is 0.275 e. The molecule has 154 valence electrons. The van der Waals surface area contributed by atoms with Gasteiger partial charge < -0.3 is 13.9 Å². The van der Waals surface area contributed by atoms with Gasteiger partial charge in [-0.2, -0.15) is 5.10 Å². The van der Waals surface area contributed by atoms with Gasteiger partial charge in [0.2, 0.25) is 0 Å². The number of nitrogens with zero attached hydrogens (tertiary/aromatic N) is 2. The van der Waals surface area contributed by atoms with Gasteiger partial charge in [-0.15, -0.1) is 0 Å². The van der Waals surface area contributed by atoms with E-state index in [1.165, 1.54) is 38.6 Å². The summed E-state index contributed by atoms with van der Waals surface area (Å²) in [5.41, 5.74) is 3.05. The number of hydrazone groups is 1. The Balaban J connectivity index is 1.77. The Labute approximate surface area is 179 Å². The van der Waals surface area contributed by atoms with Gasteiger partial charge in [0.1, 0.15) is 23.0 Å². The van der Waals surface area contributed by atoms with Crippen LogP contribution in [0.15, 0.2) is 62.5 Å². The number of ether oxygens (including phenoxy) is 2. The number of nitro groups is 1. The number of hydrogen-bond acceptors (Lipinski definition) is 7. The van der Waals surface area contributed by atoms with Crippen molar-refractivity contribution in [3.63, 3.8) is 0 Å². The van der Waals surface area contributed by atoms with Crippen LogP contribution in [-0.2, 0) is 0 Å². The fourth-order valence-corrected chi connectivity index (χ4v) is 3.00. The van der Waals surface area contributed by atoms with E-state index in [-0.39, 0.29) is 5.69 Å². The molecule has 0 bridgehead atoms. The van der Waals surface area contributed by atoms with Crippen molar-refractivity contribution in [2.75, 3.05) is 14.2 Å². The second-order valence-electron chi connectivity index (χ2n) is 5.89. The van der Waals surface area contributed by atoms with Gasteiger partial charge in [0, 0.05) is 16.6 Å². The predicted octanol–water partition coefficient (Wildman–Crippen LogP) is 4.40. The first kappa shape index (κ1) is 21.1. The van der Waals surface area contributed by atoms with Crippen LogP contribution in [0.2, 0.25) is 0 Å². The molecule has 0 radical (unpaired) electrons. The highest BCUT2D eigenvalue weighted by Gasteiger charge is 2.16. The average Bonchev–Trinajstić information content (AvgIpc) is 3.21. The average molecular weight is 474 g/mol. The molecule has 3 rings (SSSR count). The normalized spacial score (nSPS) is 10.8. The maximum absolute atomic E-state index is 12.3. The van der Waals surface area contributed by atoms with Crippen LogP contribution < -0.4 is 14.9 Å². The molecule has 10 heteroatoms. The van der Waals surface area contributed by atoms with E-state index in [0.29, 0.717) is 34.1 Å². The van der Waals surface area contributed by atoms with E-state index in [1.54, 1.807) is 30.3 Å². The SMILES string of the molecule is COc1ccc(Br)cc1C(=O)N/N=C\c1ccc(-c2cc([N+](=O)[O-])ccc2OC)o1. The number of benzene rings is 2. The van der Waals surface area contributed by atoms with Crippen LogP contribution >= 0.6 is 15.9 Å². The van der Waals surface area contributed by atoms with Crippen LogP contribution in [0.25, 0.3) is 11.3 Å². The number of carbonyl (C=O) groups is 1. The molecule has 30 heavy (non-hydrogen) atoms. The molecule has 9 nitrogen and oxygen atoms in total. The van der Waals surface area contributed by atoms with Gasteiger partial charge >= 0.3 is 0 Å². The summed E-state index contributed by atoms with van der Waals surface area (Å²) in [6.45, 7) is 0. The highest BCUT2D eigenvalue weighted by Crippen LogP contribution is 2.34. The number of nitrogens with one attached hydrogen (secondary N) is 1. The first-order valence-electron chi connectivity index (χ1n) is 8.52. The van der Waals surface area contributed by atoms with Crippen LogP contribution in [0.5, 0.6) is 11.5 Å². The van der Waals surface area contributed by atoms with Crippen molar-refractivity contribution >= 4 is 33.7 Å². The van der Waals surface area contributed by atoms with Gasteiger partial charge in [0.15, 0.2) is 0 Å². The molecule has 1 heterocycles. The molecule has 0 aliphatic rings. The maximum Gasteiger partial charge on any atom is 0.275 e. The standard InChI is InChI=1S/C20H16BrN3O6/c1-28-17-7-4-13(24(26)27)10-15(17)19-8-5-14(30-19)11-22-23-20(25)16-9-12(21)3-6-18(16)29-2/h3-11H,1-2H3,(H,23,25)/b22-11-. The minimum atomic E-state index is -0.500. The van der Waals surface area contributed by atoms with E-state index >= 15 is 0 Å². The highest BCUT2D eigenvalue weighted by atomic mass is 79.9. The fraction of sp³-hybridized carbons (Fsp3) is 0.100. The molecule has 0 unspecified atom stereocenters. The molecule has 0 fully saturated rings. The summed E-state index contributed by atoms with van der Waals surface area (Å²) >= 11 is 3.31. The first-order chi connectivity index (χ1) is 14.4. The van der Waals surface area contributed by atoms with Gasteiger partial charge in [0.25, 0.3) is 11.6 Å². The molecule has 2 aromatic carbocycles. The summed E-state index contributed by atoms with van der Waals surface area (Å²) in [5.74, 6) is 1.06. The Morgan fingerprint density at radius 2 is 1.87 bits per heavy atom. The first-order valence-corrected chi connectivity index (χ1v) is 9.32.